The summed E-state index contributed by atoms with van der Waals surface area (Å²) in [4.78, 5) is 0.204. The largest absolute Gasteiger partial charge is 0.465 e. The van der Waals surface area contributed by atoms with Gasteiger partial charge in [-0.1, -0.05) is 19.8 Å². The number of nitrogens with one attached hydrogen (secondary N) is 1. The van der Waals surface area contributed by atoms with Gasteiger partial charge in [0.1, 0.15) is 16.4 Å². The molecule has 1 rings (SSSR count). The first kappa shape index (κ1) is 18.4. The maximum Gasteiger partial charge on any atom is 0.244 e. The first-order valence-electron chi connectivity index (χ1n) is 6.20. The van der Waals surface area contributed by atoms with Crippen LogP contribution in [0, 0.1) is 13.8 Å². The van der Waals surface area contributed by atoms with Crippen LogP contribution in [0.1, 0.15) is 37.7 Å². The van der Waals surface area contributed by atoms with Gasteiger partial charge in [-0.2, -0.15) is 0 Å². The van der Waals surface area contributed by atoms with E-state index in [0.717, 1.165) is 19.3 Å². The number of sulfonamides is 1. The quantitative estimate of drug-likeness (QED) is 0.807. The Balaban J connectivity index is 0.00000324. The zero-order valence-electron chi connectivity index (χ0n) is 11.6. The highest BCUT2D eigenvalue weighted by Crippen LogP contribution is 2.19. The fourth-order valence-electron chi connectivity index (χ4n) is 1.83. The second-order valence-electron chi connectivity index (χ2n) is 4.47. The minimum absolute atomic E-state index is 0. The molecule has 1 unspecified atom stereocenters. The fourth-order valence-corrected chi connectivity index (χ4v) is 3.35. The van der Waals surface area contributed by atoms with Gasteiger partial charge < -0.3 is 10.2 Å². The SMILES string of the molecule is CCCCC(CN)NS(=O)(=O)c1cc(C)oc1C.Cl. The average molecular weight is 311 g/mol. The number of unbranched alkanes of at least 4 members (excludes halogenated alkanes) is 1. The lowest BCUT2D eigenvalue weighted by Gasteiger charge is -2.16. The minimum Gasteiger partial charge on any atom is -0.465 e. The molecule has 0 aliphatic rings. The van der Waals surface area contributed by atoms with Crippen molar-refractivity contribution < 1.29 is 12.8 Å². The van der Waals surface area contributed by atoms with Crippen LogP contribution in [0.25, 0.3) is 0 Å². The highest BCUT2D eigenvalue weighted by atomic mass is 35.5. The Labute approximate surface area is 121 Å². The molecule has 7 heteroatoms. The van der Waals surface area contributed by atoms with E-state index in [0.29, 0.717) is 18.1 Å². The molecule has 19 heavy (non-hydrogen) atoms. The number of aryl methyl sites for hydroxylation is 2. The van der Waals surface area contributed by atoms with Gasteiger partial charge in [-0.15, -0.1) is 12.4 Å². The van der Waals surface area contributed by atoms with Crippen molar-refractivity contribution in [2.75, 3.05) is 6.54 Å². The van der Waals surface area contributed by atoms with E-state index in [1.54, 1.807) is 13.8 Å². The molecule has 0 radical (unpaired) electrons. The van der Waals surface area contributed by atoms with Gasteiger partial charge in [0.2, 0.25) is 10.0 Å². The molecule has 0 aliphatic carbocycles. The van der Waals surface area contributed by atoms with Crippen molar-refractivity contribution in [1.82, 2.24) is 4.72 Å². The Bertz CT molecular complexity index is 485. The van der Waals surface area contributed by atoms with E-state index in [4.69, 9.17) is 10.2 Å². The fraction of sp³-hybridized carbons (Fsp3) is 0.667. The minimum atomic E-state index is -3.54. The third-order valence-electron chi connectivity index (χ3n) is 2.80. The van der Waals surface area contributed by atoms with E-state index >= 15 is 0 Å². The van der Waals surface area contributed by atoms with Gasteiger partial charge in [-0.05, 0) is 26.3 Å². The molecule has 1 aromatic rings. The summed E-state index contributed by atoms with van der Waals surface area (Å²) in [5, 5.41) is 0. The van der Waals surface area contributed by atoms with Crippen LogP contribution in [0.2, 0.25) is 0 Å². The van der Waals surface area contributed by atoms with E-state index in [9.17, 15) is 8.42 Å². The summed E-state index contributed by atoms with van der Waals surface area (Å²) in [7, 11) is -3.54. The molecule has 0 amide bonds. The van der Waals surface area contributed by atoms with Gasteiger partial charge in [-0.25, -0.2) is 13.1 Å². The molecular weight excluding hydrogens is 288 g/mol. The lowest BCUT2D eigenvalue weighted by atomic mass is 10.1. The third-order valence-corrected chi connectivity index (χ3v) is 4.43. The summed E-state index contributed by atoms with van der Waals surface area (Å²) >= 11 is 0. The maximum atomic E-state index is 12.2. The standard InChI is InChI=1S/C12H22N2O3S.ClH/c1-4-5-6-11(8-13)14-18(15,16)12-7-9(2)17-10(12)3;/h7,11,14H,4-6,8,13H2,1-3H3;1H. The van der Waals surface area contributed by atoms with Crippen molar-refractivity contribution >= 4 is 22.4 Å². The monoisotopic (exact) mass is 310 g/mol. The summed E-state index contributed by atoms with van der Waals surface area (Å²) in [6.45, 7) is 5.73. The molecule has 0 aliphatic heterocycles. The Kier molecular flexibility index (Phi) is 7.66. The van der Waals surface area contributed by atoms with E-state index < -0.39 is 10.0 Å². The van der Waals surface area contributed by atoms with Crippen molar-refractivity contribution in [2.45, 2.75) is 51.0 Å². The van der Waals surface area contributed by atoms with Crippen molar-refractivity contribution in [3.63, 3.8) is 0 Å². The van der Waals surface area contributed by atoms with Crippen LogP contribution in [0.3, 0.4) is 0 Å². The first-order chi connectivity index (χ1) is 8.40. The molecule has 0 bridgehead atoms. The summed E-state index contributed by atoms with van der Waals surface area (Å²) in [6.07, 6.45) is 2.72. The van der Waals surface area contributed by atoms with Gasteiger partial charge in [0.25, 0.3) is 0 Å². The van der Waals surface area contributed by atoms with Gasteiger partial charge >= 0.3 is 0 Å². The van der Waals surface area contributed by atoms with Crippen molar-refractivity contribution in [3.8, 4) is 0 Å². The van der Waals surface area contributed by atoms with Crippen molar-refractivity contribution in [3.05, 3.63) is 17.6 Å². The molecule has 3 N–H and O–H groups in total. The Morgan fingerprint density at radius 1 is 1.42 bits per heavy atom. The van der Waals surface area contributed by atoms with Crippen molar-refractivity contribution in [2.24, 2.45) is 5.73 Å². The summed E-state index contributed by atoms with van der Waals surface area (Å²) in [6, 6.07) is 1.31. The number of nitrogens with two attached hydrogens (primary N) is 1. The first-order valence-corrected chi connectivity index (χ1v) is 7.68. The molecule has 112 valence electrons. The van der Waals surface area contributed by atoms with Crippen LogP contribution in [-0.4, -0.2) is 21.0 Å². The van der Waals surface area contributed by atoms with E-state index in [-0.39, 0.29) is 23.3 Å². The predicted octanol–water partition coefficient (Wildman–Crippen LogP) is 2.11. The van der Waals surface area contributed by atoms with Gasteiger partial charge in [0.15, 0.2) is 0 Å². The third kappa shape index (κ3) is 5.14. The van der Waals surface area contributed by atoms with Gasteiger partial charge in [-0.3, -0.25) is 0 Å². The van der Waals surface area contributed by atoms with E-state index in [2.05, 4.69) is 11.6 Å². The van der Waals surface area contributed by atoms with Crippen molar-refractivity contribution in [1.29, 1.82) is 0 Å². The van der Waals surface area contributed by atoms with Crippen LogP contribution in [0.5, 0.6) is 0 Å². The molecule has 0 saturated heterocycles. The Hall–Kier alpha value is -0.560. The van der Waals surface area contributed by atoms with Crippen LogP contribution in [-0.2, 0) is 10.0 Å². The Morgan fingerprint density at radius 2 is 2.05 bits per heavy atom. The number of furan rings is 1. The van der Waals surface area contributed by atoms with E-state index in [1.165, 1.54) is 6.07 Å². The normalized spacial score (nSPS) is 13.1. The number of halogens is 1. The molecular formula is C12H23ClN2O3S. The summed E-state index contributed by atoms with van der Waals surface area (Å²) < 4.78 is 32.2. The van der Waals surface area contributed by atoms with E-state index in [1.807, 2.05) is 0 Å². The second kappa shape index (κ2) is 7.89. The molecule has 0 aromatic carbocycles. The molecule has 1 heterocycles. The molecule has 1 aromatic heterocycles. The lowest BCUT2D eigenvalue weighted by Crippen LogP contribution is -2.40. The highest BCUT2D eigenvalue weighted by Gasteiger charge is 2.23. The summed E-state index contributed by atoms with van der Waals surface area (Å²) in [5.74, 6) is 0.997. The van der Waals surface area contributed by atoms with Gasteiger partial charge in [0.05, 0.1) is 0 Å². The molecule has 0 saturated carbocycles. The second-order valence-corrected chi connectivity index (χ2v) is 6.16. The zero-order chi connectivity index (χ0) is 13.8. The number of hydrogen-bond donors (Lipinski definition) is 2. The highest BCUT2D eigenvalue weighted by molar-refractivity contribution is 7.89. The van der Waals surface area contributed by atoms with Crippen LogP contribution in [0.4, 0.5) is 0 Å². The predicted molar refractivity (Wildman–Crippen MR) is 78.1 cm³/mol. The van der Waals surface area contributed by atoms with Crippen LogP contribution in [0.15, 0.2) is 15.4 Å². The molecule has 1 atom stereocenters. The summed E-state index contributed by atoms with van der Waals surface area (Å²) in [5.41, 5.74) is 5.59. The van der Waals surface area contributed by atoms with Crippen LogP contribution < -0.4 is 10.5 Å². The Morgan fingerprint density at radius 3 is 2.47 bits per heavy atom. The topological polar surface area (TPSA) is 85.3 Å². The number of rotatable bonds is 7. The smallest absolute Gasteiger partial charge is 0.244 e. The number of hydrogen-bond acceptors (Lipinski definition) is 4. The van der Waals surface area contributed by atoms with Crippen LogP contribution >= 0.6 is 12.4 Å². The molecule has 0 spiro atoms. The zero-order valence-corrected chi connectivity index (χ0v) is 13.2. The molecule has 5 nitrogen and oxygen atoms in total. The lowest BCUT2D eigenvalue weighted by molar-refractivity contribution is 0.491. The average Bonchev–Trinajstić information content (AvgIpc) is 2.64. The molecule has 0 fully saturated rings. The maximum absolute atomic E-state index is 12.2. The van der Waals surface area contributed by atoms with Gasteiger partial charge in [0, 0.05) is 12.6 Å².